The van der Waals surface area contributed by atoms with Gasteiger partial charge in [0.2, 0.25) is 0 Å². The highest BCUT2D eigenvalue weighted by Gasteiger charge is 2.23. The number of rotatable bonds is 5. The van der Waals surface area contributed by atoms with Crippen LogP contribution in [0.4, 0.5) is 15.8 Å². The molecule has 0 aliphatic heterocycles. The second-order valence-corrected chi connectivity index (χ2v) is 4.52. The number of nitrogens with one attached hydrogen (secondary N) is 1. The van der Waals surface area contributed by atoms with Crippen molar-refractivity contribution < 1.29 is 19.0 Å². The highest BCUT2D eigenvalue weighted by atomic mass is 19.1. The van der Waals surface area contributed by atoms with Gasteiger partial charge in [-0.15, -0.1) is 0 Å². The summed E-state index contributed by atoms with van der Waals surface area (Å²) in [5, 5.41) is 24.1. The van der Waals surface area contributed by atoms with Crippen LogP contribution in [0.3, 0.4) is 0 Å². The van der Waals surface area contributed by atoms with E-state index in [1.54, 1.807) is 0 Å². The molecule has 2 rings (SSSR count). The fourth-order valence-electron chi connectivity index (χ4n) is 1.86. The zero-order valence-electron chi connectivity index (χ0n) is 11.6. The Balaban J connectivity index is 2.19. The summed E-state index contributed by atoms with van der Waals surface area (Å²) in [5.41, 5.74) is -0.824. The fraction of sp³-hybridized carbons (Fsp3) is 0.0714. The monoisotopic (exact) mass is 319 g/mol. The lowest BCUT2D eigenvalue weighted by molar-refractivity contribution is -0.394. The molecule has 0 radical (unpaired) electrons. The molecular weight excluding hydrogens is 309 g/mol. The maximum Gasteiger partial charge on any atom is 0.289 e. The lowest BCUT2D eigenvalue weighted by Gasteiger charge is -2.06. The first-order valence-corrected chi connectivity index (χ1v) is 6.34. The highest BCUT2D eigenvalue weighted by molar-refractivity contribution is 5.98. The number of nitro groups is 2. The van der Waals surface area contributed by atoms with E-state index in [0.29, 0.717) is 5.56 Å². The zero-order valence-corrected chi connectivity index (χ0v) is 11.6. The van der Waals surface area contributed by atoms with Crippen LogP contribution < -0.4 is 5.32 Å². The normalized spacial score (nSPS) is 10.1. The van der Waals surface area contributed by atoms with Gasteiger partial charge in [-0.1, -0.05) is 12.1 Å². The summed E-state index contributed by atoms with van der Waals surface area (Å²) in [4.78, 5) is 32.0. The van der Waals surface area contributed by atoms with Crippen molar-refractivity contribution in [1.29, 1.82) is 0 Å². The molecule has 0 aliphatic rings. The van der Waals surface area contributed by atoms with Gasteiger partial charge in [-0.2, -0.15) is 0 Å². The van der Waals surface area contributed by atoms with Crippen molar-refractivity contribution in [2.75, 3.05) is 0 Å². The molecule has 0 aromatic heterocycles. The predicted molar refractivity (Wildman–Crippen MR) is 77.3 cm³/mol. The van der Waals surface area contributed by atoms with Crippen molar-refractivity contribution in [3.63, 3.8) is 0 Å². The topological polar surface area (TPSA) is 115 Å². The van der Waals surface area contributed by atoms with E-state index in [1.807, 2.05) is 0 Å². The van der Waals surface area contributed by atoms with Gasteiger partial charge in [0.05, 0.1) is 15.9 Å². The Hall–Kier alpha value is -3.36. The van der Waals surface area contributed by atoms with Crippen LogP contribution in [0.15, 0.2) is 42.5 Å². The Morgan fingerprint density at radius 2 is 1.70 bits per heavy atom. The van der Waals surface area contributed by atoms with Crippen molar-refractivity contribution in [2.24, 2.45) is 0 Å². The molecule has 0 spiro atoms. The molecule has 9 heteroatoms. The summed E-state index contributed by atoms with van der Waals surface area (Å²) in [6.45, 7) is 0.0350. The molecule has 23 heavy (non-hydrogen) atoms. The maximum atomic E-state index is 12.8. The summed E-state index contributed by atoms with van der Waals surface area (Å²) < 4.78 is 12.8. The van der Waals surface area contributed by atoms with Crippen LogP contribution in [0, 0.1) is 26.0 Å². The van der Waals surface area contributed by atoms with E-state index in [0.717, 1.165) is 18.2 Å². The summed E-state index contributed by atoms with van der Waals surface area (Å²) in [6, 6.07) is 8.12. The molecule has 0 fully saturated rings. The van der Waals surface area contributed by atoms with E-state index in [2.05, 4.69) is 5.32 Å². The quantitative estimate of drug-likeness (QED) is 0.671. The van der Waals surface area contributed by atoms with Crippen molar-refractivity contribution in [2.45, 2.75) is 6.54 Å². The lowest BCUT2D eigenvalue weighted by atomic mass is 10.1. The largest absolute Gasteiger partial charge is 0.348 e. The van der Waals surface area contributed by atoms with Gasteiger partial charge >= 0.3 is 0 Å². The number of hydrogen-bond acceptors (Lipinski definition) is 5. The molecule has 0 aliphatic carbocycles. The number of nitro benzene ring substituents is 2. The molecule has 0 saturated carbocycles. The number of nitrogens with zero attached hydrogens (tertiary/aromatic N) is 2. The fourth-order valence-corrected chi connectivity index (χ4v) is 1.86. The first-order valence-electron chi connectivity index (χ1n) is 6.34. The Morgan fingerprint density at radius 3 is 2.26 bits per heavy atom. The SMILES string of the molecule is O=C(NCc1ccc(F)cc1)c1ccc([N+](=O)[O-])cc1[N+](=O)[O-]. The van der Waals surface area contributed by atoms with Gasteiger partial charge in [0.25, 0.3) is 17.3 Å². The van der Waals surface area contributed by atoms with E-state index in [-0.39, 0.29) is 12.1 Å². The van der Waals surface area contributed by atoms with Gasteiger partial charge in [0.1, 0.15) is 11.4 Å². The minimum absolute atomic E-state index is 0.0350. The average Bonchev–Trinajstić information content (AvgIpc) is 2.53. The first-order chi connectivity index (χ1) is 10.9. The smallest absolute Gasteiger partial charge is 0.289 e. The van der Waals surface area contributed by atoms with Gasteiger partial charge in [-0.3, -0.25) is 25.0 Å². The van der Waals surface area contributed by atoms with Gasteiger partial charge in [0.15, 0.2) is 0 Å². The van der Waals surface area contributed by atoms with Crippen LogP contribution in [-0.2, 0) is 6.54 Å². The van der Waals surface area contributed by atoms with Crippen LogP contribution in [-0.4, -0.2) is 15.8 Å². The Bertz CT molecular complexity index is 776. The summed E-state index contributed by atoms with van der Waals surface area (Å²) in [6.07, 6.45) is 0. The third-order valence-electron chi connectivity index (χ3n) is 3.00. The summed E-state index contributed by atoms with van der Waals surface area (Å²) >= 11 is 0. The van der Waals surface area contributed by atoms with Gasteiger partial charge < -0.3 is 5.32 Å². The third-order valence-corrected chi connectivity index (χ3v) is 3.00. The number of halogens is 1. The molecule has 0 saturated heterocycles. The van der Waals surface area contributed by atoms with Gasteiger partial charge in [0, 0.05) is 12.6 Å². The Labute approximate surface area is 128 Å². The van der Waals surface area contributed by atoms with Crippen LogP contribution in [0.2, 0.25) is 0 Å². The molecule has 8 nitrogen and oxygen atoms in total. The molecule has 2 aromatic rings. The van der Waals surface area contributed by atoms with E-state index in [9.17, 15) is 29.4 Å². The van der Waals surface area contributed by atoms with Crippen molar-refractivity contribution in [3.05, 3.63) is 79.6 Å². The third kappa shape index (κ3) is 3.84. The van der Waals surface area contributed by atoms with Crippen molar-refractivity contribution in [1.82, 2.24) is 5.32 Å². The molecule has 0 bridgehead atoms. The van der Waals surface area contributed by atoms with Gasteiger partial charge in [-0.05, 0) is 23.8 Å². The number of carbonyl (C=O) groups is 1. The number of amides is 1. The zero-order chi connectivity index (χ0) is 17.0. The lowest BCUT2D eigenvalue weighted by Crippen LogP contribution is -2.23. The maximum absolute atomic E-state index is 12.8. The molecule has 118 valence electrons. The Morgan fingerprint density at radius 1 is 1.04 bits per heavy atom. The predicted octanol–water partition coefficient (Wildman–Crippen LogP) is 2.57. The van der Waals surface area contributed by atoms with Gasteiger partial charge in [-0.25, -0.2) is 4.39 Å². The molecular formula is C14H10FN3O5. The number of hydrogen-bond donors (Lipinski definition) is 1. The highest BCUT2D eigenvalue weighted by Crippen LogP contribution is 2.24. The van der Waals surface area contributed by atoms with Crippen molar-refractivity contribution >= 4 is 17.3 Å². The minimum Gasteiger partial charge on any atom is -0.348 e. The molecule has 0 atom stereocenters. The molecule has 0 heterocycles. The molecule has 1 amide bonds. The number of non-ortho nitro benzene ring substituents is 1. The number of benzene rings is 2. The molecule has 0 unspecified atom stereocenters. The second kappa shape index (κ2) is 6.60. The van der Waals surface area contributed by atoms with E-state index < -0.39 is 32.9 Å². The van der Waals surface area contributed by atoms with E-state index in [4.69, 9.17) is 0 Å². The Kier molecular flexibility index (Phi) is 4.60. The molecule has 1 N–H and O–H groups in total. The second-order valence-electron chi connectivity index (χ2n) is 4.52. The van der Waals surface area contributed by atoms with E-state index in [1.165, 1.54) is 24.3 Å². The van der Waals surface area contributed by atoms with E-state index >= 15 is 0 Å². The summed E-state index contributed by atoms with van der Waals surface area (Å²) in [7, 11) is 0. The van der Waals surface area contributed by atoms with Crippen LogP contribution in [0.5, 0.6) is 0 Å². The average molecular weight is 319 g/mol. The van der Waals surface area contributed by atoms with Crippen LogP contribution >= 0.6 is 0 Å². The number of carbonyl (C=O) groups excluding carboxylic acids is 1. The molecule has 2 aromatic carbocycles. The first kappa shape index (κ1) is 16.0. The standard InChI is InChI=1S/C14H10FN3O5/c15-10-3-1-9(2-4-10)8-16-14(19)12-6-5-11(17(20)21)7-13(12)18(22)23/h1-7H,8H2,(H,16,19). The minimum atomic E-state index is -0.861. The van der Waals surface area contributed by atoms with Crippen LogP contribution in [0.25, 0.3) is 0 Å². The summed E-state index contributed by atoms with van der Waals surface area (Å²) in [5.74, 6) is -1.18. The van der Waals surface area contributed by atoms with Crippen LogP contribution in [0.1, 0.15) is 15.9 Å². The van der Waals surface area contributed by atoms with Crippen molar-refractivity contribution in [3.8, 4) is 0 Å².